The van der Waals surface area contributed by atoms with Gasteiger partial charge in [-0.1, -0.05) is 6.58 Å². The van der Waals surface area contributed by atoms with Gasteiger partial charge in [0.05, 0.1) is 5.60 Å². The van der Waals surface area contributed by atoms with Crippen molar-refractivity contribution in [1.29, 1.82) is 0 Å². The standard InChI is InChI=1S/C6H10O/c1-5(2)6(7)3-4-6/h7H,1,3-4H2,2H3. The van der Waals surface area contributed by atoms with Gasteiger partial charge in [0.1, 0.15) is 0 Å². The van der Waals surface area contributed by atoms with Crippen LogP contribution in [-0.4, -0.2) is 10.7 Å². The molecule has 1 aliphatic carbocycles. The molecule has 1 saturated carbocycles. The van der Waals surface area contributed by atoms with Crippen molar-refractivity contribution in [2.24, 2.45) is 0 Å². The first-order valence-electron chi connectivity index (χ1n) is 2.53. The topological polar surface area (TPSA) is 20.2 Å². The lowest BCUT2D eigenvalue weighted by molar-refractivity contribution is 0.189. The van der Waals surface area contributed by atoms with E-state index in [0.29, 0.717) is 0 Å². The zero-order chi connectivity index (χ0) is 5.49. The smallest absolute Gasteiger partial charge is 0.0853 e. The van der Waals surface area contributed by atoms with Gasteiger partial charge in [-0.3, -0.25) is 0 Å². The molecule has 0 spiro atoms. The Bertz CT molecular complexity index is 101. The summed E-state index contributed by atoms with van der Waals surface area (Å²) in [6, 6.07) is 0. The molecule has 1 nitrogen and oxygen atoms in total. The van der Waals surface area contributed by atoms with Crippen LogP contribution in [0.3, 0.4) is 0 Å². The van der Waals surface area contributed by atoms with Crippen LogP contribution in [0.1, 0.15) is 19.8 Å². The SMILES string of the molecule is C=C(C)C1(O)CC1. The highest BCUT2D eigenvalue weighted by molar-refractivity contribution is 5.18. The maximum atomic E-state index is 9.11. The van der Waals surface area contributed by atoms with Gasteiger partial charge in [-0.25, -0.2) is 0 Å². The minimum Gasteiger partial charge on any atom is -0.386 e. The third-order valence-electron chi connectivity index (χ3n) is 1.52. The Hall–Kier alpha value is -0.300. The second-order valence-corrected chi connectivity index (χ2v) is 2.31. The zero-order valence-corrected chi connectivity index (χ0v) is 4.57. The van der Waals surface area contributed by atoms with E-state index < -0.39 is 5.60 Å². The molecule has 1 aliphatic rings. The van der Waals surface area contributed by atoms with Crippen LogP contribution < -0.4 is 0 Å². The average Bonchev–Trinajstić information content (AvgIpc) is 2.21. The summed E-state index contributed by atoms with van der Waals surface area (Å²) >= 11 is 0. The molecule has 0 bridgehead atoms. The summed E-state index contributed by atoms with van der Waals surface area (Å²) in [7, 11) is 0. The normalized spacial score (nSPS) is 24.3. The van der Waals surface area contributed by atoms with Crippen molar-refractivity contribution in [2.75, 3.05) is 0 Å². The Balaban J connectivity index is 2.55. The first-order valence-corrected chi connectivity index (χ1v) is 2.53. The van der Waals surface area contributed by atoms with Crippen molar-refractivity contribution in [3.8, 4) is 0 Å². The highest BCUT2D eigenvalue weighted by atomic mass is 16.3. The predicted octanol–water partition coefficient (Wildman–Crippen LogP) is 1.09. The van der Waals surface area contributed by atoms with E-state index in [1.807, 2.05) is 6.92 Å². The van der Waals surface area contributed by atoms with Crippen molar-refractivity contribution in [2.45, 2.75) is 25.4 Å². The quantitative estimate of drug-likeness (QED) is 0.487. The molecule has 1 N–H and O–H groups in total. The molecule has 0 aromatic carbocycles. The van der Waals surface area contributed by atoms with Crippen molar-refractivity contribution in [1.82, 2.24) is 0 Å². The van der Waals surface area contributed by atoms with Crippen molar-refractivity contribution in [3.63, 3.8) is 0 Å². The van der Waals surface area contributed by atoms with Gasteiger partial charge in [0.15, 0.2) is 0 Å². The minimum absolute atomic E-state index is 0.444. The molecule has 0 radical (unpaired) electrons. The van der Waals surface area contributed by atoms with E-state index in [-0.39, 0.29) is 0 Å². The first kappa shape index (κ1) is 4.85. The molecule has 0 aliphatic heterocycles. The molecule has 0 unspecified atom stereocenters. The van der Waals surface area contributed by atoms with E-state index in [4.69, 9.17) is 5.11 Å². The van der Waals surface area contributed by atoms with Gasteiger partial charge in [-0.15, -0.1) is 0 Å². The zero-order valence-electron chi connectivity index (χ0n) is 4.57. The van der Waals surface area contributed by atoms with Gasteiger partial charge in [0.25, 0.3) is 0 Å². The third kappa shape index (κ3) is 0.682. The van der Waals surface area contributed by atoms with Crippen molar-refractivity contribution in [3.05, 3.63) is 12.2 Å². The molecular weight excluding hydrogens is 88.1 g/mol. The van der Waals surface area contributed by atoms with Crippen LogP contribution in [0.4, 0.5) is 0 Å². The van der Waals surface area contributed by atoms with Crippen LogP contribution >= 0.6 is 0 Å². The lowest BCUT2D eigenvalue weighted by Gasteiger charge is -2.02. The Morgan fingerprint density at radius 2 is 2.14 bits per heavy atom. The molecule has 0 atom stereocenters. The minimum atomic E-state index is -0.444. The molecule has 7 heavy (non-hydrogen) atoms. The second kappa shape index (κ2) is 1.10. The Morgan fingerprint density at radius 3 is 2.14 bits per heavy atom. The molecule has 40 valence electrons. The van der Waals surface area contributed by atoms with Crippen molar-refractivity contribution < 1.29 is 5.11 Å². The average molecular weight is 98.1 g/mol. The lowest BCUT2D eigenvalue weighted by atomic mass is 10.2. The summed E-state index contributed by atoms with van der Waals surface area (Å²) in [5.41, 5.74) is 0.465. The number of aliphatic hydroxyl groups is 1. The fourth-order valence-electron chi connectivity index (χ4n) is 0.545. The number of hydrogen-bond donors (Lipinski definition) is 1. The van der Waals surface area contributed by atoms with Gasteiger partial charge < -0.3 is 5.11 Å². The van der Waals surface area contributed by atoms with Crippen LogP contribution in [0.2, 0.25) is 0 Å². The summed E-state index contributed by atoms with van der Waals surface area (Å²) < 4.78 is 0. The van der Waals surface area contributed by atoms with E-state index in [2.05, 4.69) is 6.58 Å². The predicted molar refractivity (Wildman–Crippen MR) is 29.0 cm³/mol. The monoisotopic (exact) mass is 98.1 g/mol. The van der Waals surface area contributed by atoms with Gasteiger partial charge in [-0.2, -0.15) is 0 Å². The van der Waals surface area contributed by atoms with Gasteiger partial charge in [0.2, 0.25) is 0 Å². The lowest BCUT2D eigenvalue weighted by Crippen LogP contribution is -2.05. The van der Waals surface area contributed by atoms with Crippen LogP contribution in [0, 0.1) is 0 Å². The largest absolute Gasteiger partial charge is 0.386 e. The third-order valence-corrected chi connectivity index (χ3v) is 1.52. The maximum absolute atomic E-state index is 9.11. The van der Waals surface area contributed by atoms with Crippen LogP contribution in [0.15, 0.2) is 12.2 Å². The van der Waals surface area contributed by atoms with E-state index in [9.17, 15) is 0 Å². The fourth-order valence-corrected chi connectivity index (χ4v) is 0.545. The van der Waals surface area contributed by atoms with Crippen LogP contribution in [-0.2, 0) is 0 Å². The summed E-state index contributed by atoms with van der Waals surface area (Å²) in [6.07, 6.45) is 1.84. The first-order chi connectivity index (χ1) is 3.15. The molecule has 0 aromatic heterocycles. The number of rotatable bonds is 1. The summed E-state index contributed by atoms with van der Waals surface area (Å²) in [6.45, 7) is 5.51. The van der Waals surface area contributed by atoms with Crippen molar-refractivity contribution >= 4 is 0 Å². The molecule has 0 heterocycles. The van der Waals surface area contributed by atoms with E-state index in [0.717, 1.165) is 18.4 Å². The summed E-state index contributed by atoms with van der Waals surface area (Å²) in [5.74, 6) is 0. The number of hydrogen-bond acceptors (Lipinski definition) is 1. The Labute approximate surface area is 43.7 Å². The van der Waals surface area contributed by atoms with Gasteiger partial charge in [0, 0.05) is 0 Å². The highest BCUT2D eigenvalue weighted by Gasteiger charge is 2.40. The van der Waals surface area contributed by atoms with E-state index in [1.165, 1.54) is 0 Å². The van der Waals surface area contributed by atoms with Crippen LogP contribution in [0.5, 0.6) is 0 Å². The fraction of sp³-hybridized carbons (Fsp3) is 0.667. The molecule has 1 fully saturated rings. The second-order valence-electron chi connectivity index (χ2n) is 2.31. The molecular formula is C6H10O. The maximum Gasteiger partial charge on any atom is 0.0853 e. The van der Waals surface area contributed by atoms with Gasteiger partial charge in [-0.05, 0) is 25.3 Å². The molecule has 1 heteroatoms. The van der Waals surface area contributed by atoms with Gasteiger partial charge >= 0.3 is 0 Å². The van der Waals surface area contributed by atoms with E-state index >= 15 is 0 Å². The molecule has 1 rings (SSSR count). The molecule has 0 saturated heterocycles. The highest BCUT2D eigenvalue weighted by Crippen LogP contribution is 2.40. The Morgan fingerprint density at radius 1 is 1.71 bits per heavy atom. The van der Waals surface area contributed by atoms with Crippen LogP contribution in [0.25, 0.3) is 0 Å². The Kier molecular flexibility index (Phi) is 0.762. The van der Waals surface area contributed by atoms with E-state index in [1.54, 1.807) is 0 Å². The summed E-state index contributed by atoms with van der Waals surface area (Å²) in [4.78, 5) is 0. The molecule has 0 aromatic rings. The summed E-state index contributed by atoms with van der Waals surface area (Å²) in [5, 5.41) is 9.11. The molecule has 0 amide bonds.